The molecule has 0 unspecified atom stereocenters. The van der Waals surface area contributed by atoms with Gasteiger partial charge >= 0.3 is 0 Å². The van der Waals surface area contributed by atoms with Gasteiger partial charge in [-0.05, 0) is 35.7 Å². The Hall–Kier alpha value is -3.20. The van der Waals surface area contributed by atoms with E-state index in [0.29, 0.717) is 24.3 Å². The van der Waals surface area contributed by atoms with E-state index in [2.05, 4.69) is 20.1 Å². The molecule has 3 rings (SSSR count). The Morgan fingerprint density at radius 1 is 1.14 bits per heavy atom. The zero-order valence-corrected chi connectivity index (χ0v) is 16.4. The summed E-state index contributed by atoms with van der Waals surface area (Å²) in [6.45, 7) is 2.73. The van der Waals surface area contributed by atoms with Crippen molar-refractivity contribution in [1.29, 1.82) is 0 Å². The zero-order valence-electron chi connectivity index (χ0n) is 15.6. The molecule has 0 atom stereocenters. The third-order valence-corrected chi connectivity index (χ3v) is 4.64. The molecule has 0 saturated carbocycles. The van der Waals surface area contributed by atoms with Crippen molar-refractivity contribution in [1.82, 2.24) is 20.1 Å². The standard InChI is InChI=1S/C19H21N5O3S/c1-14-6-7-17(9-18(14)23-28(2,26)27)19(25)21-10-15-4-3-5-16(8-15)11-24-13-20-12-22-24/h3-9,12-13,23H,10-11H2,1-2H3,(H,21,25). The first-order valence-corrected chi connectivity index (χ1v) is 10.5. The number of aryl methyl sites for hydroxylation is 1. The van der Waals surface area contributed by atoms with Crippen LogP contribution in [-0.4, -0.2) is 35.3 Å². The number of hydrogen-bond donors (Lipinski definition) is 2. The van der Waals surface area contributed by atoms with Crippen molar-refractivity contribution in [3.63, 3.8) is 0 Å². The van der Waals surface area contributed by atoms with Gasteiger partial charge in [0.05, 0.1) is 18.5 Å². The Morgan fingerprint density at radius 2 is 1.93 bits per heavy atom. The topological polar surface area (TPSA) is 106 Å². The van der Waals surface area contributed by atoms with Gasteiger partial charge in [0.25, 0.3) is 5.91 Å². The van der Waals surface area contributed by atoms with Gasteiger partial charge in [0, 0.05) is 12.1 Å². The van der Waals surface area contributed by atoms with Gasteiger partial charge in [-0.2, -0.15) is 5.10 Å². The second-order valence-electron chi connectivity index (χ2n) is 6.50. The molecule has 0 bridgehead atoms. The summed E-state index contributed by atoms with van der Waals surface area (Å²) in [4.78, 5) is 16.4. The molecule has 28 heavy (non-hydrogen) atoms. The predicted octanol–water partition coefficient (Wildman–Crippen LogP) is 1.94. The lowest BCUT2D eigenvalue weighted by Gasteiger charge is -2.11. The molecule has 3 aromatic rings. The molecule has 2 aromatic carbocycles. The first-order valence-electron chi connectivity index (χ1n) is 8.57. The van der Waals surface area contributed by atoms with Crippen molar-refractivity contribution in [2.24, 2.45) is 0 Å². The minimum absolute atomic E-state index is 0.279. The number of amides is 1. The summed E-state index contributed by atoms with van der Waals surface area (Å²) in [5.41, 5.74) is 3.52. The van der Waals surface area contributed by atoms with Gasteiger partial charge < -0.3 is 5.32 Å². The fourth-order valence-corrected chi connectivity index (χ4v) is 3.32. The molecule has 8 nitrogen and oxygen atoms in total. The highest BCUT2D eigenvalue weighted by Gasteiger charge is 2.11. The highest BCUT2D eigenvalue weighted by molar-refractivity contribution is 7.92. The summed E-state index contributed by atoms with van der Waals surface area (Å²) in [7, 11) is -3.42. The van der Waals surface area contributed by atoms with Crippen LogP contribution in [0.25, 0.3) is 0 Å². The molecule has 0 spiro atoms. The van der Waals surface area contributed by atoms with Crippen LogP contribution in [0.15, 0.2) is 55.1 Å². The molecule has 0 aliphatic carbocycles. The van der Waals surface area contributed by atoms with Crippen molar-refractivity contribution >= 4 is 21.6 Å². The van der Waals surface area contributed by atoms with Crippen molar-refractivity contribution in [2.75, 3.05) is 11.0 Å². The van der Waals surface area contributed by atoms with E-state index < -0.39 is 10.0 Å². The van der Waals surface area contributed by atoms with E-state index >= 15 is 0 Å². The Labute approximate surface area is 163 Å². The number of aromatic nitrogens is 3. The zero-order chi connectivity index (χ0) is 20.1. The number of carbonyl (C=O) groups is 1. The number of nitrogens with one attached hydrogen (secondary N) is 2. The third kappa shape index (κ3) is 5.40. The van der Waals surface area contributed by atoms with Crippen LogP contribution in [0.4, 0.5) is 5.69 Å². The van der Waals surface area contributed by atoms with Crippen LogP contribution in [0.1, 0.15) is 27.0 Å². The van der Waals surface area contributed by atoms with Gasteiger partial charge in [0.2, 0.25) is 10.0 Å². The number of benzene rings is 2. The van der Waals surface area contributed by atoms with Gasteiger partial charge in [-0.3, -0.25) is 9.52 Å². The quantitative estimate of drug-likeness (QED) is 0.632. The van der Waals surface area contributed by atoms with E-state index in [1.165, 1.54) is 12.4 Å². The predicted molar refractivity (Wildman–Crippen MR) is 106 cm³/mol. The molecule has 146 valence electrons. The molecule has 1 heterocycles. The summed E-state index contributed by atoms with van der Waals surface area (Å²) in [5.74, 6) is -0.279. The lowest BCUT2D eigenvalue weighted by molar-refractivity contribution is 0.0951. The number of sulfonamides is 1. The van der Waals surface area contributed by atoms with Crippen LogP contribution in [0.3, 0.4) is 0 Å². The summed E-state index contributed by atoms with van der Waals surface area (Å²) >= 11 is 0. The largest absolute Gasteiger partial charge is 0.348 e. The average Bonchev–Trinajstić information content (AvgIpc) is 3.14. The maximum Gasteiger partial charge on any atom is 0.251 e. The van der Waals surface area contributed by atoms with Gasteiger partial charge in [-0.15, -0.1) is 0 Å². The molecule has 0 saturated heterocycles. The van der Waals surface area contributed by atoms with Crippen molar-refractivity contribution in [3.8, 4) is 0 Å². The van der Waals surface area contributed by atoms with Gasteiger partial charge in [0.1, 0.15) is 12.7 Å². The van der Waals surface area contributed by atoms with Gasteiger partial charge in [0.15, 0.2) is 0 Å². The Kier molecular flexibility index (Phi) is 5.74. The molecule has 1 amide bonds. The van der Waals surface area contributed by atoms with Crippen LogP contribution in [0.5, 0.6) is 0 Å². The van der Waals surface area contributed by atoms with Crippen LogP contribution in [-0.2, 0) is 23.1 Å². The van der Waals surface area contributed by atoms with E-state index in [0.717, 1.165) is 22.9 Å². The first kappa shape index (κ1) is 19.6. The minimum Gasteiger partial charge on any atom is -0.348 e. The Morgan fingerprint density at radius 3 is 2.64 bits per heavy atom. The minimum atomic E-state index is -3.42. The maximum absolute atomic E-state index is 12.5. The van der Waals surface area contributed by atoms with Crippen molar-refractivity contribution in [2.45, 2.75) is 20.0 Å². The fourth-order valence-electron chi connectivity index (χ4n) is 2.70. The fraction of sp³-hybridized carbons (Fsp3) is 0.211. The molecule has 2 N–H and O–H groups in total. The second kappa shape index (κ2) is 8.22. The summed E-state index contributed by atoms with van der Waals surface area (Å²) in [6, 6.07) is 12.7. The number of nitrogens with zero attached hydrogens (tertiary/aromatic N) is 3. The Balaban J connectivity index is 1.66. The van der Waals surface area contributed by atoms with Crippen molar-refractivity contribution in [3.05, 3.63) is 77.4 Å². The normalized spacial score (nSPS) is 11.2. The second-order valence-corrected chi connectivity index (χ2v) is 8.25. The van der Waals surface area contributed by atoms with Gasteiger partial charge in [-0.1, -0.05) is 30.3 Å². The first-order chi connectivity index (χ1) is 13.3. The summed E-state index contributed by atoms with van der Waals surface area (Å²) in [6.07, 6.45) is 4.21. The van der Waals surface area contributed by atoms with Crippen LogP contribution in [0, 0.1) is 6.92 Å². The van der Waals surface area contributed by atoms with Crippen LogP contribution in [0.2, 0.25) is 0 Å². The highest BCUT2D eigenvalue weighted by Crippen LogP contribution is 2.18. The number of anilines is 1. The Bertz CT molecular complexity index is 1080. The molecular formula is C19H21N5O3S. The lowest BCUT2D eigenvalue weighted by atomic mass is 10.1. The molecule has 0 fully saturated rings. The smallest absolute Gasteiger partial charge is 0.251 e. The number of carbonyl (C=O) groups excluding carboxylic acids is 1. The average molecular weight is 399 g/mol. The number of rotatable bonds is 7. The highest BCUT2D eigenvalue weighted by atomic mass is 32.2. The molecule has 1 aromatic heterocycles. The lowest BCUT2D eigenvalue weighted by Crippen LogP contribution is -2.23. The summed E-state index contributed by atoms with van der Waals surface area (Å²) < 4.78 is 27.1. The SMILES string of the molecule is Cc1ccc(C(=O)NCc2cccc(Cn3cncn3)c2)cc1NS(C)(=O)=O. The van der Waals surface area contributed by atoms with Crippen LogP contribution >= 0.6 is 0 Å². The van der Waals surface area contributed by atoms with Crippen LogP contribution < -0.4 is 10.0 Å². The molecule has 0 aliphatic rings. The van der Waals surface area contributed by atoms with Crippen molar-refractivity contribution < 1.29 is 13.2 Å². The van der Waals surface area contributed by atoms with E-state index in [9.17, 15) is 13.2 Å². The molecule has 0 radical (unpaired) electrons. The van der Waals surface area contributed by atoms with Gasteiger partial charge in [-0.25, -0.2) is 18.1 Å². The van der Waals surface area contributed by atoms with E-state index in [1.54, 1.807) is 30.1 Å². The molecule has 9 heteroatoms. The van der Waals surface area contributed by atoms with E-state index in [1.807, 2.05) is 24.3 Å². The monoisotopic (exact) mass is 399 g/mol. The van der Waals surface area contributed by atoms with E-state index in [-0.39, 0.29) is 5.91 Å². The van der Waals surface area contributed by atoms with E-state index in [4.69, 9.17) is 0 Å². The number of hydrogen-bond acceptors (Lipinski definition) is 5. The molecular weight excluding hydrogens is 378 g/mol. The molecule has 0 aliphatic heterocycles. The summed E-state index contributed by atoms with van der Waals surface area (Å²) in [5, 5.41) is 6.94. The third-order valence-electron chi connectivity index (χ3n) is 4.05. The maximum atomic E-state index is 12.5.